The molecule has 0 bridgehead atoms. The van der Waals surface area contributed by atoms with E-state index in [0.717, 1.165) is 6.42 Å². The van der Waals surface area contributed by atoms with Crippen molar-refractivity contribution in [2.75, 3.05) is 11.1 Å². The van der Waals surface area contributed by atoms with Crippen LogP contribution in [0.1, 0.15) is 32.1 Å². The van der Waals surface area contributed by atoms with Crippen LogP contribution in [0, 0.1) is 0 Å². The van der Waals surface area contributed by atoms with Gasteiger partial charge in [0.05, 0.1) is 12.3 Å². The highest BCUT2D eigenvalue weighted by atomic mass is 16.3. The third-order valence-corrected chi connectivity index (χ3v) is 3.02. The first-order valence-electron chi connectivity index (χ1n) is 6.47. The number of nitrogens with two attached hydrogens (primary N) is 1. The number of aromatic nitrogens is 2. The Bertz CT molecular complexity index is 685. The number of hydrogen-bond donors (Lipinski definition) is 3. The van der Waals surface area contributed by atoms with E-state index in [4.69, 9.17) is 10.2 Å². The molecule has 4 N–H and O–H groups in total. The molecule has 2 aromatic rings. The maximum absolute atomic E-state index is 11.9. The third-order valence-electron chi connectivity index (χ3n) is 3.02. The molecule has 0 saturated carbocycles. The van der Waals surface area contributed by atoms with Gasteiger partial charge in [0.1, 0.15) is 17.3 Å². The Hall–Kier alpha value is -2.44. The number of rotatable bonds is 5. The summed E-state index contributed by atoms with van der Waals surface area (Å²) in [6, 6.07) is 3.32. The van der Waals surface area contributed by atoms with Gasteiger partial charge in [-0.2, -0.15) is 0 Å². The molecule has 20 heavy (non-hydrogen) atoms. The van der Waals surface area contributed by atoms with Gasteiger partial charge in [0, 0.05) is 6.54 Å². The van der Waals surface area contributed by atoms with E-state index >= 15 is 0 Å². The molecule has 0 spiro atoms. The van der Waals surface area contributed by atoms with Crippen LogP contribution < -0.4 is 22.3 Å². The predicted octanol–water partition coefficient (Wildman–Crippen LogP) is 1.29. The lowest BCUT2D eigenvalue weighted by Gasteiger charge is -2.16. The minimum atomic E-state index is -0.529. The minimum Gasteiger partial charge on any atom is -0.467 e. The smallest absolute Gasteiger partial charge is 0.330 e. The highest BCUT2D eigenvalue weighted by molar-refractivity contribution is 5.61. The van der Waals surface area contributed by atoms with Crippen LogP contribution in [0.5, 0.6) is 0 Å². The Kier molecular flexibility index (Phi) is 3.97. The van der Waals surface area contributed by atoms with Gasteiger partial charge >= 0.3 is 5.69 Å². The molecule has 1 unspecified atom stereocenters. The van der Waals surface area contributed by atoms with Gasteiger partial charge in [0.25, 0.3) is 5.56 Å². The van der Waals surface area contributed by atoms with E-state index in [1.807, 2.05) is 13.8 Å². The fourth-order valence-electron chi connectivity index (χ4n) is 2.00. The summed E-state index contributed by atoms with van der Waals surface area (Å²) in [5.74, 6) is 0.816. The van der Waals surface area contributed by atoms with Crippen LogP contribution in [0.2, 0.25) is 0 Å². The van der Waals surface area contributed by atoms with Crippen LogP contribution in [-0.4, -0.2) is 9.55 Å². The van der Waals surface area contributed by atoms with Crippen molar-refractivity contribution < 1.29 is 4.42 Å². The molecule has 2 aromatic heterocycles. The first-order valence-corrected chi connectivity index (χ1v) is 6.47. The van der Waals surface area contributed by atoms with Gasteiger partial charge in [-0.05, 0) is 25.5 Å². The standard InChI is InChI=1S/C13H18N4O3/c1-3-6-17-11(14)10(12(18)16-13(17)19)15-8(2)9-5-4-7-20-9/h4-5,7-8,15H,3,6,14H2,1-2H3,(H,16,18,19). The van der Waals surface area contributed by atoms with Crippen LogP contribution in [0.3, 0.4) is 0 Å². The molecule has 0 radical (unpaired) electrons. The molecular formula is C13H18N4O3. The van der Waals surface area contributed by atoms with E-state index in [-0.39, 0.29) is 17.5 Å². The zero-order valence-corrected chi connectivity index (χ0v) is 11.5. The number of nitrogens with one attached hydrogen (secondary N) is 2. The zero-order valence-electron chi connectivity index (χ0n) is 11.5. The van der Waals surface area contributed by atoms with Crippen molar-refractivity contribution in [3.8, 4) is 0 Å². The van der Waals surface area contributed by atoms with E-state index in [0.29, 0.717) is 12.3 Å². The SMILES string of the molecule is CCCn1c(N)c(NC(C)c2ccco2)c(=O)[nH]c1=O. The highest BCUT2D eigenvalue weighted by Gasteiger charge is 2.16. The predicted molar refractivity (Wildman–Crippen MR) is 76.8 cm³/mol. The fraction of sp³-hybridized carbons (Fsp3) is 0.385. The quantitative estimate of drug-likeness (QED) is 0.764. The summed E-state index contributed by atoms with van der Waals surface area (Å²) in [5.41, 5.74) is 5.08. The van der Waals surface area contributed by atoms with Gasteiger partial charge in [0.2, 0.25) is 0 Å². The molecule has 0 amide bonds. The molecule has 0 fully saturated rings. The Morgan fingerprint density at radius 1 is 1.50 bits per heavy atom. The van der Waals surface area contributed by atoms with Gasteiger partial charge in [0.15, 0.2) is 0 Å². The Balaban J connectivity index is 2.39. The van der Waals surface area contributed by atoms with Crippen LogP contribution in [-0.2, 0) is 6.54 Å². The number of anilines is 2. The zero-order chi connectivity index (χ0) is 14.7. The van der Waals surface area contributed by atoms with E-state index in [1.165, 1.54) is 4.57 Å². The number of furan rings is 1. The Labute approximate surface area is 115 Å². The van der Waals surface area contributed by atoms with Crippen molar-refractivity contribution in [3.63, 3.8) is 0 Å². The summed E-state index contributed by atoms with van der Waals surface area (Å²) in [4.78, 5) is 25.8. The first kappa shape index (κ1) is 14.0. The van der Waals surface area contributed by atoms with Crippen LogP contribution in [0.4, 0.5) is 11.5 Å². The van der Waals surface area contributed by atoms with Crippen molar-refractivity contribution in [2.45, 2.75) is 32.9 Å². The van der Waals surface area contributed by atoms with Crippen molar-refractivity contribution in [2.24, 2.45) is 0 Å². The second kappa shape index (κ2) is 5.68. The van der Waals surface area contributed by atoms with Crippen molar-refractivity contribution in [1.82, 2.24) is 9.55 Å². The van der Waals surface area contributed by atoms with Crippen molar-refractivity contribution >= 4 is 11.5 Å². The number of hydrogen-bond acceptors (Lipinski definition) is 5. The molecule has 7 heteroatoms. The van der Waals surface area contributed by atoms with E-state index in [2.05, 4.69) is 10.3 Å². The molecule has 108 valence electrons. The number of aromatic amines is 1. The average Bonchev–Trinajstić information content (AvgIpc) is 2.93. The molecule has 2 rings (SSSR count). The monoisotopic (exact) mass is 278 g/mol. The Morgan fingerprint density at radius 2 is 2.25 bits per heavy atom. The highest BCUT2D eigenvalue weighted by Crippen LogP contribution is 2.20. The maximum atomic E-state index is 11.9. The van der Waals surface area contributed by atoms with Crippen LogP contribution in [0.15, 0.2) is 32.4 Å². The van der Waals surface area contributed by atoms with Gasteiger partial charge in [-0.25, -0.2) is 4.79 Å². The van der Waals surface area contributed by atoms with E-state index < -0.39 is 11.2 Å². The Morgan fingerprint density at radius 3 is 2.85 bits per heavy atom. The lowest BCUT2D eigenvalue weighted by atomic mass is 10.2. The van der Waals surface area contributed by atoms with Gasteiger partial charge in [-0.15, -0.1) is 0 Å². The van der Waals surface area contributed by atoms with E-state index in [1.54, 1.807) is 18.4 Å². The third kappa shape index (κ3) is 2.61. The molecule has 0 aromatic carbocycles. The first-order chi connectivity index (χ1) is 9.54. The molecule has 0 aliphatic heterocycles. The van der Waals surface area contributed by atoms with Crippen LogP contribution in [0.25, 0.3) is 0 Å². The summed E-state index contributed by atoms with van der Waals surface area (Å²) < 4.78 is 6.61. The number of H-pyrrole nitrogens is 1. The summed E-state index contributed by atoms with van der Waals surface area (Å²) in [6.07, 6.45) is 2.29. The minimum absolute atomic E-state index is 0.138. The largest absolute Gasteiger partial charge is 0.467 e. The fourth-order valence-corrected chi connectivity index (χ4v) is 2.00. The lowest BCUT2D eigenvalue weighted by molar-refractivity contribution is 0.490. The summed E-state index contributed by atoms with van der Waals surface area (Å²) in [6.45, 7) is 4.22. The molecule has 7 nitrogen and oxygen atoms in total. The number of nitrogens with zero attached hydrogens (tertiary/aromatic N) is 1. The number of nitrogen functional groups attached to an aromatic ring is 1. The molecule has 1 atom stereocenters. The van der Waals surface area contributed by atoms with E-state index in [9.17, 15) is 9.59 Å². The maximum Gasteiger partial charge on any atom is 0.330 e. The summed E-state index contributed by atoms with van der Waals surface area (Å²) in [7, 11) is 0. The summed E-state index contributed by atoms with van der Waals surface area (Å²) in [5, 5.41) is 2.98. The topological polar surface area (TPSA) is 106 Å². The van der Waals surface area contributed by atoms with Gasteiger partial charge < -0.3 is 15.5 Å². The average molecular weight is 278 g/mol. The van der Waals surface area contributed by atoms with Crippen LogP contribution >= 0.6 is 0 Å². The molecule has 0 aliphatic carbocycles. The second-order valence-electron chi connectivity index (χ2n) is 4.55. The molecule has 0 saturated heterocycles. The molecule has 2 heterocycles. The van der Waals surface area contributed by atoms with Crippen molar-refractivity contribution in [3.05, 3.63) is 45.0 Å². The molecule has 0 aliphatic rings. The van der Waals surface area contributed by atoms with Crippen molar-refractivity contribution in [1.29, 1.82) is 0 Å². The normalized spacial score (nSPS) is 12.3. The summed E-state index contributed by atoms with van der Waals surface area (Å²) >= 11 is 0. The lowest BCUT2D eigenvalue weighted by Crippen LogP contribution is -2.34. The van der Waals surface area contributed by atoms with Gasteiger partial charge in [-0.3, -0.25) is 14.3 Å². The van der Waals surface area contributed by atoms with Gasteiger partial charge in [-0.1, -0.05) is 6.92 Å². The molecular weight excluding hydrogens is 260 g/mol. The second-order valence-corrected chi connectivity index (χ2v) is 4.55.